The average molecular weight is 395 g/mol. The van der Waals surface area contributed by atoms with Crippen molar-refractivity contribution in [1.82, 2.24) is 14.8 Å². The first-order valence-corrected chi connectivity index (χ1v) is 9.31. The molecule has 0 bridgehead atoms. The highest BCUT2D eigenvalue weighted by Gasteiger charge is 2.14. The van der Waals surface area contributed by atoms with E-state index in [1.165, 1.54) is 0 Å². The second-order valence-electron chi connectivity index (χ2n) is 6.60. The topological polar surface area (TPSA) is 75.4 Å². The molecule has 1 amide bonds. The first-order chi connectivity index (χ1) is 13.6. The summed E-state index contributed by atoms with van der Waals surface area (Å²) >= 11 is 5.90. The zero-order valence-corrected chi connectivity index (χ0v) is 16.1. The van der Waals surface area contributed by atoms with Crippen LogP contribution in [0.1, 0.15) is 29.3 Å². The maximum Gasteiger partial charge on any atom is 0.258 e. The second kappa shape index (κ2) is 7.82. The van der Waals surface area contributed by atoms with Gasteiger partial charge in [-0.2, -0.15) is 5.10 Å². The fourth-order valence-corrected chi connectivity index (χ4v) is 3.05. The fraction of sp³-hybridized carbons (Fsp3) is 0.200. The molecule has 142 valence electrons. The van der Waals surface area contributed by atoms with Crippen molar-refractivity contribution in [3.63, 3.8) is 0 Å². The van der Waals surface area contributed by atoms with Gasteiger partial charge in [0.1, 0.15) is 6.33 Å². The zero-order chi connectivity index (χ0) is 19.5. The quantitative estimate of drug-likeness (QED) is 0.713. The highest BCUT2D eigenvalue weighted by molar-refractivity contribution is 6.30. The number of aromatic nitrogens is 3. The molecular weight excluding hydrogens is 376 g/mol. The Morgan fingerprint density at radius 1 is 1.14 bits per heavy atom. The molecule has 1 aliphatic rings. The van der Waals surface area contributed by atoms with Crippen LogP contribution in [0.3, 0.4) is 0 Å². The Bertz CT molecular complexity index is 1010. The number of hydrogen-bond acceptors (Lipinski definition) is 5. The Morgan fingerprint density at radius 2 is 1.89 bits per heavy atom. The maximum atomic E-state index is 12.4. The summed E-state index contributed by atoms with van der Waals surface area (Å²) in [5, 5.41) is 14.1. The van der Waals surface area contributed by atoms with E-state index >= 15 is 0 Å². The normalized spacial score (nSPS) is 13.5. The number of amides is 1. The largest absolute Gasteiger partial charge is 0.289 e. The van der Waals surface area contributed by atoms with Crippen LogP contribution in [0.25, 0.3) is 0 Å². The Balaban J connectivity index is 1.38. The van der Waals surface area contributed by atoms with Crippen LogP contribution in [0.5, 0.6) is 0 Å². The van der Waals surface area contributed by atoms with E-state index in [2.05, 4.69) is 20.5 Å². The molecule has 2 aromatic carbocycles. The summed E-state index contributed by atoms with van der Waals surface area (Å²) in [4.78, 5) is 16.6. The highest BCUT2D eigenvalue weighted by Crippen LogP contribution is 2.20. The van der Waals surface area contributed by atoms with E-state index in [1.807, 2.05) is 48.3 Å². The van der Waals surface area contributed by atoms with Gasteiger partial charge in [-0.05, 0) is 48.9 Å². The van der Waals surface area contributed by atoms with E-state index in [9.17, 15) is 4.79 Å². The van der Waals surface area contributed by atoms with Gasteiger partial charge in [-0.1, -0.05) is 23.7 Å². The number of rotatable bonds is 5. The van der Waals surface area contributed by atoms with Crippen LogP contribution < -0.4 is 10.3 Å². The second-order valence-corrected chi connectivity index (χ2v) is 7.04. The van der Waals surface area contributed by atoms with Gasteiger partial charge < -0.3 is 0 Å². The van der Waals surface area contributed by atoms with Crippen LogP contribution in [-0.4, -0.2) is 32.9 Å². The zero-order valence-electron chi connectivity index (χ0n) is 15.3. The van der Waals surface area contributed by atoms with Crippen molar-refractivity contribution >= 4 is 34.9 Å². The lowest BCUT2D eigenvalue weighted by Gasteiger charge is -2.13. The molecule has 1 aromatic heterocycles. The molecule has 0 unspecified atom stereocenters. The lowest BCUT2D eigenvalue weighted by atomic mass is 10.2. The van der Waals surface area contributed by atoms with E-state index in [-0.39, 0.29) is 11.9 Å². The predicted molar refractivity (Wildman–Crippen MR) is 110 cm³/mol. The molecule has 0 atom stereocenters. The summed E-state index contributed by atoms with van der Waals surface area (Å²) < 4.78 is 1.66. The van der Waals surface area contributed by atoms with Gasteiger partial charge in [-0.15, -0.1) is 5.10 Å². The third kappa shape index (κ3) is 4.20. The number of nitrogens with one attached hydrogen (secondary N) is 1. The summed E-state index contributed by atoms with van der Waals surface area (Å²) in [6, 6.07) is 14.8. The predicted octanol–water partition coefficient (Wildman–Crippen LogP) is 3.82. The monoisotopic (exact) mass is 394 g/mol. The van der Waals surface area contributed by atoms with Gasteiger partial charge in [0.15, 0.2) is 0 Å². The minimum atomic E-state index is -0.253. The van der Waals surface area contributed by atoms with E-state index in [0.29, 0.717) is 17.1 Å². The summed E-state index contributed by atoms with van der Waals surface area (Å²) in [6.07, 6.45) is 2.55. The lowest BCUT2D eigenvalue weighted by molar-refractivity contribution is 0.102. The standard InChI is InChI=1S/C20H19ClN6O/c1-14-10-11-27(24-14)18-8-4-16(5-9-18)19(28)23-20-22-13-26(25-20)12-15-2-6-17(21)7-3-15/h2-9,13H,10-12H2,1H3,(H,23,25,28). The van der Waals surface area contributed by atoms with Gasteiger partial charge in [-0.25, -0.2) is 9.67 Å². The Hall–Kier alpha value is -3.19. The molecule has 7 nitrogen and oxygen atoms in total. The molecular formula is C20H19ClN6O. The number of anilines is 2. The molecule has 4 rings (SSSR count). The van der Waals surface area contributed by atoms with E-state index in [0.717, 1.165) is 29.9 Å². The van der Waals surface area contributed by atoms with Crippen molar-refractivity contribution in [2.45, 2.75) is 19.9 Å². The number of carbonyl (C=O) groups is 1. The third-order valence-corrected chi connectivity index (χ3v) is 4.68. The van der Waals surface area contributed by atoms with Crippen molar-refractivity contribution in [2.24, 2.45) is 5.10 Å². The number of halogens is 1. The maximum absolute atomic E-state index is 12.4. The molecule has 3 aromatic rings. The van der Waals surface area contributed by atoms with Crippen molar-refractivity contribution < 1.29 is 4.79 Å². The molecule has 0 fully saturated rings. The first kappa shape index (κ1) is 18.2. The van der Waals surface area contributed by atoms with Crippen LogP contribution in [0.15, 0.2) is 60.0 Å². The third-order valence-electron chi connectivity index (χ3n) is 4.42. The van der Waals surface area contributed by atoms with Crippen molar-refractivity contribution in [3.05, 3.63) is 71.0 Å². The van der Waals surface area contributed by atoms with Crippen molar-refractivity contribution in [2.75, 3.05) is 16.9 Å². The van der Waals surface area contributed by atoms with Gasteiger partial charge >= 0.3 is 0 Å². The first-order valence-electron chi connectivity index (χ1n) is 8.94. The van der Waals surface area contributed by atoms with Crippen LogP contribution in [0.4, 0.5) is 11.6 Å². The van der Waals surface area contributed by atoms with Crippen LogP contribution in [0, 0.1) is 0 Å². The smallest absolute Gasteiger partial charge is 0.258 e. The van der Waals surface area contributed by atoms with Crippen LogP contribution >= 0.6 is 11.6 Å². The summed E-state index contributed by atoms with van der Waals surface area (Å²) in [7, 11) is 0. The fourth-order valence-electron chi connectivity index (χ4n) is 2.92. The van der Waals surface area contributed by atoms with E-state index < -0.39 is 0 Å². The Kier molecular flexibility index (Phi) is 5.08. The van der Waals surface area contributed by atoms with Gasteiger partial charge in [0, 0.05) is 29.3 Å². The van der Waals surface area contributed by atoms with Gasteiger partial charge in [0.25, 0.3) is 5.91 Å². The Labute approximate surface area is 167 Å². The minimum Gasteiger partial charge on any atom is -0.289 e. The molecule has 0 saturated carbocycles. The summed E-state index contributed by atoms with van der Waals surface area (Å²) in [6.45, 7) is 3.43. The number of hydrazone groups is 1. The number of benzene rings is 2. The Morgan fingerprint density at radius 3 is 2.57 bits per heavy atom. The molecule has 1 aliphatic heterocycles. The molecule has 8 heteroatoms. The van der Waals surface area contributed by atoms with Crippen molar-refractivity contribution in [3.8, 4) is 0 Å². The number of nitrogens with zero attached hydrogens (tertiary/aromatic N) is 5. The highest BCUT2D eigenvalue weighted by atomic mass is 35.5. The minimum absolute atomic E-state index is 0.253. The van der Waals surface area contributed by atoms with E-state index in [1.54, 1.807) is 23.1 Å². The molecule has 2 heterocycles. The molecule has 0 aliphatic carbocycles. The van der Waals surface area contributed by atoms with Gasteiger partial charge in [0.2, 0.25) is 5.95 Å². The molecule has 1 N–H and O–H groups in total. The average Bonchev–Trinajstić information content (AvgIpc) is 3.33. The number of carbonyl (C=O) groups excluding carboxylic acids is 1. The van der Waals surface area contributed by atoms with Gasteiger partial charge in [-0.3, -0.25) is 15.1 Å². The lowest BCUT2D eigenvalue weighted by Crippen LogP contribution is -2.15. The van der Waals surface area contributed by atoms with Crippen molar-refractivity contribution in [1.29, 1.82) is 0 Å². The SMILES string of the molecule is CC1=NN(c2ccc(C(=O)Nc3ncn(Cc4ccc(Cl)cc4)n3)cc2)CC1. The molecule has 0 spiro atoms. The molecule has 28 heavy (non-hydrogen) atoms. The van der Waals surface area contributed by atoms with Crippen LogP contribution in [-0.2, 0) is 6.54 Å². The molecule has 0 radical (unpaired) electrons. The van der Waals surface area contributed by atoms with E-state index in [4.69, 9.17) is 11.6 Å². The van der Waals surface area contributed by atoms with Crippen LogP contribution in [0.2, 0.25) is 5.02 Å². The number of hydrogen-bond donors (Lipinski definition) is 1. The summed E-state index contributed by atoms with van der Waals surface area (Å²) in [5.74, 6) is 0.0136. The summed E-state index contributed by atoms with van der Waals surface area (Å²) in [5.41, 5.74) is 3.67. The molecule has 0 saturated heterocycles. The van der Waals surface area contributed by atoms with Gasteiger partial charge in [0.05, 0.1) is 12.2 Å².